The molecule has 2 atom stereocenters. The Morgan fingerprint density at radius 3 is 2.68 bits per heavy atom. The molecule has 1 unspecified atom stereocenters. The highest BCUT2D eigenvalue weighted by Gasteiger charge is 2.29. The van der Waals surface area contributed by atoms with Crippen molar-refractivity contribution in [3.63, 3.8) is 0 Å². The fourth-order valence-corrected chi connectivity index (χ4v) is 3.21. The molecular weight excluding hydrogens is 242 g/mol. The van der Waals surface area contributed by atoms with E-state index in [9.17, 15) is 5.11 Å². The van der Waals surface area contributed by atoms with Gasteiger partial charge in [0.2, 0.25) is 5.95 Å². The average Bonchev–Trinajstić information content (AvgIpc) is 3.11. The van der Waals surface area contributed by atoms with Crippen molar-refractivity contribution in [1.82, 2.24) is 20.5 Å². The second-order valence-electron chi connectivity index (χ2n) is 5.72. The molecule has 3 heterocycles. The third-order valence-electron chi connectivity index (χ3n) is 4.38. The zero-order valence-corrected chi connectivity index (χ0v) is 11.5. The Balaban J connectivity index is 1.56. The number of H-pyrrole nitrogens is 1. The van der Waals surface area contributed by atoms with E-state index in [-0.39, 0.29) is 0 Å². The van der Waals surface area contributed by atoms with Crippen LogP contribution in [-0.4, -0.2) is 46.0 Å². The summed E-state index contributed by atoms with van der Waals surface area (Å²) in [5, 5.41) is 20.1. The van der Waals surface area contributed by atoms with E-state index in [0.29, 0.717) is 5.82 Å². The molecule has 0 bridgehead atoms. The minimum atomic E-state index is -0.582. The zero-order chi connectivity index (χ0) is 13.2. The van der Waals surface area contributed by atoms with Crippen LogP contribution in [0.3, 0.4) is 0 Å². The van der Waals surface area contributed by atoms with Crippen molar-refractivity contribution in [3.8, 4) is 0 Å². The highest BCUT2D eigenvalue weighted by atomic mass is 16.3. The second kappa shape index (κ2) is 5.46. The molecule has 19 heavy (non-hydrogen) atoms. The number of hydrogen-bond acceptors (Lipinski definition) is 5. The van der Waals surface area contributed by atoms with Gasteiger partial charge in [0.1, 0.15) is 6.10 Å². The maximum atomic E-state index is 9.46. The second-order valence-corrected chi connectivity index (χ2v) is 5.72. The third-order valence-corrected chi connectivity index (χ3v) is 4.38. The number of aromatic nitrogens is 3. The van der Waals surface area contributed by atoms with E-state index >= 15 is 0 Å². The number of hydrogen-bond donors (Lipinski definition) is 3. The molecule has 6 heteroatoms. The number of anilines is 1. The lowest BCUT2D eigenvalue weighted by atomic mass is 9.89. The number of aromatic amines is 1. The summed E-state index contributed by atoms with van der Waals surface area (Å²) in [6, 6.07) is 0.724. The Kier molecular flexibility index (Phi) is 3.70. The number of nitrogens with one attached hydrogen (secondary N) is 2. The van der Waals surface area contributed by atoms with Gasteiger partial charge in [-0.1, -0.05) is 0 Å². The lowest BCUT2D eigenvalue weighted by molar-refractivity contribution is 0.189. The molecule has 2 aliphatic heterocycles. The molecule has 0 radical (unpaired) electrons. The summed E-state index contributed by atoms with van der Waals surface area (Å²) in [6.07, 6.45) is 4.48. The van der Waals surface area contributed by atoms with Crippen LogP contribution >= 0.6 is 0 Å². The predicted octanol–water partition coefficient (Wildman–Crippen LogP) is 0.826. The average molecular weight is 265 g/mol. The quantitative estimate of drug-likeness (QED) is 0.754. The first kappa shape index (κ1) is 12.9. The van der Waals surface area contributed by atoms with Gasteiger partial charge in [-0.15, -0.1) is 5.10 Å². The van der Waals surface area contributed by atoms with E-state index in [1.54, 1.807) is 6.92 Å². The van der Waals surface area contributed by atoms with E-state index in [1.165, 1.54) is 32.2 Å². The number of aliphatic hydroxyl groups is 1. The Labute approximate surface area is 113 Å². The van der Waals surface area contributed by atoms with Crippen molar-refractivity contribution >= 4 is 5.95 Å². The van der Waals surface area contributed by atoms with E-state index < -0.39 is 6.10 Å². The highest BCUT2D eigenvalue weighted by Crippen LogP contribution is 2.27. The summed E-state index contributed by atoms with van der Waals surface area (Å²) in [6.45, 7) is 4.91. The van der Waals surface area contributed by atoms with Gasteiger partial charge < -0.3 is 15.3 Å². The van der Waals surface area contributed by atoms with E-state index in [0.717, 1.165) is 31.0 Å². The van der Waals surface area contributed by atoms with Gasteiger partial charge >= 0.3 is 0 Å². The molecule has 106 valence electrons. The number of nitrogens with zero attached hydrogens (tertiary/aromatic N) is 3. The molecule has 0 amide bonds. The molecule has 2 saturated heterocycles. The summed E-state index contributed by atoms with van der Waals surface area (Å²) >= 11 is 0. The van der Waals surface area contributed by atoms with Crippen molar-refractivity contribution in [2.75, 3.05) is 24.5 Å². The number of rotatable bonds is 3. The Bertz CT molecular complexity index is 405. The van der Waals surface area contributed by atoms with Crippen molar-refractivity contribution in [2.24, 2.45) is 5.92 Å². The van der Waals surface area contributed by atoms with Gasteiger partial charge in [0.05, 0.1) is 0 Å². The van der Waals surface area contributed by atoms with Crippen LogP contribution in [0.25, 0.3) is 0 Å². The molecule has 3 rings (SSSR count). The summed E-state index contributed by atoms with van der Waals surface area (Å²) < 4.78 is 0. The zero-order valence-electron chi connectivity index (χ0n) is 11.5. The molecule has 1 aromatic rings. The van der Waals surface area contributed by atoms with E-state index in [1.807, 2.05) is 0 Å². The standard InChI is InChI=1S/C13H23N5O/c1-9(19)12-15-13(17-16-12)18-7-4-10(5-8-18)11-3-2-6-14-11/h9-11,14,19H,2-8H2,1H3,(H,15,16,17)/t9-,11?/m0/s1. The molecule has 6 nitrogen and oxygen atoms in total. The lowest BCUT2D eigenvalue weighted by Crippen LogP contribution is -2.41. The predicted molar refractivity (Wildman–Crippen MR) is 73.0 cm³/mol. The monoisotopic (exact) mass is 265 g/mol. The molecule has 1 aromatic heterocycles. The summed E-state index contributed by atoms with van der Waals surface area (Å²) in [4.78, 5) is 6.57. The van der Waals surface area contributed by atoms with Gasteiger partial charge in [-0.05, 0) is 45.1 Å². The normalized spacial score (nSPS) is 26.8. The van der Waals surface area contributed by atoms with Crippen molar-refractivity contribution in [1.29, 1.82) is 0 Å². The van der Waals surface area contributed by atoms with Crippen LogP contribution in [-0.2, 0) is 0 Å². The van der Waals surface area contributed by atoms with Gasteiger partial charge in [-0.2, -0.15) is 4.98 Å². The Morgan fingerprint density at radius 2 is 2.11 bits per heavy atom. The third kappa shape index (κ3) is 2.74. The summed E-state index contributed by atoms with van der Waals surface area (Å²) in [5.74, 6) is 2.08. The molecule has 2 fully saturated rings. The fraction of sp³-hybridized carbons (Fsp3) is 0.846. The van der Waals surface area contributed by atoms with Gasteiger partial charge in [-0.3, -0.25) is 5.10 Å². The lowest BCUT2D eigenvalue weighted by Gasteiger charge is -2.34. The molecule has 0 aliphatic carbocycles. The van der Waals surface area contributed by atoms with Crippen molar-refractivity contribution in [2.45, 2.75) is 44.8 Å². The van der Waals surface area contributed by atoms with Crippen LogP contribution < -0.4 is 10.2 Å². The maximum absolute atomic E-state index is 9.46. The first-order valence-electron chi connectivity index (χ1n) is 7.33. The summed E-state index contributed by atoms with van der Waals surface area (Å²) in [5.41, 5.74) is 0. The van der Waals surface area contributed by atoms with Crippen molar-refractivity contribution < 1.29 is 5.11 Å². The minimum absolute atomic E-state index is 0.551. The Morgan fingerprint density at radius 1 is 1.32 bits per heavy atom. The van der Waals surface area contributed by atoms with Crippen LogP contribution in [0.5, 0.6) is 0 Å². The highest BCUT2D eigenvalue weighted by molar-refractivity contribution is 5.29. The van der Waals surface area contributed by atoms with Crippen LogP contribution in [0.4, 0.5) is 5.95 Å². The molecule has 3 N–H and O–H groups in total. The SMILES string of the molecule is C[C@H](O)c1nc(N2CCC(C3CCCN3)CC2)n[nH]1. The topological polar surface area (TPSA) is 77.1 Å². The number of piperidine rings is 1. The van der Waals surface area contributed by atoms with Gasteiger partial charge in [-0.25, -0.2) is 0 Å². The largest absolute Gasteiger partial charge is 0.385 e. The van der Waals surface area contributed by atoms with Crippen molar-refractivity contribution in [3.05, 3.63) is 5.82 Å². The molecule has 0 spiro atoms. The first-order chi connectivity index (χ1) is 9.24. The fourth-order valence-electron chi connectivity index (χ4n) is 3.21. The van der Waals surface area contributed by atoms with Gasteiger partial charge in [0.25, 0.3) is 0 Å². The first-order valence-corrected chi connectivity index (χ1v) is 7.33. The molecule has 2 aliphatic rings. The van der Waals surface area contributed by atoms with E-state index in [4.69, 9.17) is 0 Å². The summed E-state index contributed by atoms with van der Waals surface area (Å²) in [7, 11) is 0. The molecule has 0 aromatic carbocycles. The van der Waals surface area contributed by atoms with Crippen LogP contribution in [0.2, 0.25) is 0 Å². The van der Waals surface area contributed by atoms with Gasteiger partial charge in [0.15, 0.2) is 5.82 Å². The molecular formula is C13H23N5O. The van der Waals surface area contributed by atoms with E-state index in [2.05, 4.69) is 25.4 Å². The van der Waals surface area contributed by atoms with Crippen LogP contribution in [0.15, 0.2) is 0 Å². The maximum Gasteiger partial charge on any atom is 0.244 e. The smallest absolute Gasteiger partial charge is 0.244 e. The van der Waals surface area contributed by atoms with Gasteiger partial charge in [0, 0.05) is 19.1 Å². The van der Waals surface area contributed by atoms with Crippen LogP contribution in [0.1, 0.15) is 44.5 Å². The molecule has 0 saturated carbocycles. The Hall–Kier alpha value is -1.14. The van der Waals surface area contributed by atoms with Crippen LogP contribution in [0, 0.1) is 5.92 Å². The minimum Gasteiger partial charge on any atom is -0.385 e. The number of aliphatic hydroxyl groups excluding tert-OH is 1.